The van der Waals surface area contributed by atoms with E-state index in [0.717, 1.165) is 13.2 Å². The molecule has 0 radical (unpaired) electrons. The fraction of sp³-hybridized carbons (Fsp3) is 0.733. The summed E-state index contributed by atoms with van der Waals surface area (Å²) in [4.78, 5) is 3.16. The lowest BCUT2D eigenvalue weighted by atomic mass is 9.99. The summed E-state index contributed by atoms with van der Waals surface area (Å²) in [6.07, 6.45) is 7.82. The molecule has 100 valence electrons. The summed E-state index contributed by atoms with van der Waals surface area (Å²) in [6.45, 7) is 4.13. The second kappa shape index (κ2) is 5.72. The van der Waals surface area contributed by atoms with Gasteiger partial charge in [-0.15, -0.1) is 11.3 Å². The molecular weight excluding hydrogens is 242 g/mol. The summed E-state index contributed by atoms with van der Waals surface area (Å²) >= 11 is 2.03. The number of nitrogens with one attached hydrogen (secondary N) is 1. The molecule has 0 spiro atoms. The number of hydrogen-bond donors (Lipinski definition) is 1. The molecular formula is C15H23NOS. The largest absolute Gasteiger partial charge is 0.380 e. The summed E-state index contributed by atoms with van der Waals surface area (Å²) in [7, 11) is 0. The summed E-state index contributed by atoms with van der Waals surface area (Å²) in [6, 6.07) is 3.47. The van der Waals surface area contributed by atoms with Crippen LogP contribution in [0.3, 0.4) is 0 Å². The van der Waals surface area contributed by atoms with Gasteiger partial charge in [0, 0.05) is 28.4 Å². The molecule has 0 aromatic carbocycles. The minimum absolute atomic E-state index is 0.479. The van der Waals surface area contributed by atoms with Crippen molar-refractivity contribution in [1.29, 1.82) is 0 Å². The molecule has 1 aromatic heterocycles. The summed E-state index contributed by atoms with van der Waals surface area (Å²) in [5.41, 5.74) is 1.62. The van der Waals surface area contributed by atoms with Crippen molar-refractivity contribution in [3.05, 3.63) is 21.4 Å². The molecule has 1 saturated heterocycles. The van der Waals surface area contributed by atoms with Gasteiger partial charge in [-0.1, -0.05) is 0 Å². The second-order valence-electron chi connectivity index (χ2n) is 5.61. The highest BCUT2D eigenvalue weighted by molar-refractivity contribution is 7.12. The molecule has 1 aliphatic carbocycles. The molecule has 2 heterocycles. The van der Waals surface area contributed by atoms with E-state index in [-0.39, 0.29) is 0 Å². The molecule has 18 heavy (non-hydrogen) atoms. The molecule has 1 N–H and O–H groups in total. The normalized spacial score (nSPS) is 25.7. The molecule has 1 aliphatic heterocycles. The van der Waals surface area contributed by atoms with Crippen molar-refractivity contribution in [2.24, 2.45) is 0 Å². The number of ether oxygens (including phenoxy) is 1. The number of thiophene rings is 1. The van der Waals surface area contributed by atoms with Crippen LogP contribution in [-0.2, 0) is 17.6 Å². The maximum absolute atomic E-state index is 5.54. The van der Waals surface area contributed by atoms with Crippen molar-refractivity contribution in [1.82, 2.24) is 5.32 Å². The fourth-order valence-corrected chi connectivity index (χ4v) is 4.30. The molecule has 0 bridgehead atoms. The van der Waals surface area contributed by atoms with Crippen molar-refractivity contribution >= 4 is 11.3 Å². The average molecular weight is 265 g/mol. The SMILES string of the molecule is CC(NC1CCCOC1)c1cc2c(s1)CCCC2. The van der Waals surface area contributed by atoms with Crippen molar-refractivity contribution in [3.63, 3.8) is 0 Å². The third-order valence-electron chi connectivity index (χ3n) is 4.09. The molecule has 0 saturated carbocycles. The van der Waals surface area contributed by atoms with E-state index in [4.69, 9.17) is 4.74 Å². The van der Waals surface area contributed by atoms with Gasteiger partial charge in [0.25, 0.3) is 0 Å². The van der Waals surface area contributed by atoms with Crippen molar-refractivity contribution < 1.29 is 4.74 Å². The van der Waals surface area contributed by atoms with Crippen LogP contribution >= 0.6 is 11.3 Å². The Morgan fingerprint density at radius 1 is 1.33 bits per heavy atom. The van der Waals surface area contributed by atoms with E-state index in [1.165, 1.54) is 43.4 Å². The molecule has 0 amide bonds. The summed E-state index contributed by atoms with van der Waals surface area (Å²) in [5.74, 6) is 0. The molecule has 2 nitrogen and oxygen atoms in total. The monoisotopic (exact) mass is 265 g/mol. The fourth-order valence-electron chi connectivity index (χ4n) is 3.03. The van der Waals surface area contributed by atoms with Gasteiger partial charge in [-0.25, -0.2) is 0 Å². The lowest BCUT2D eigenvalue weighted by molar-refractivity contribution is 0.0672. The molecule has 1 aromatic rings. The Kier molecular flexibility index (Phi) is 4.02. The zero-order valence-corrected chi connectivity index (χ0v) is 12.0. The maximum atomic E-state index is 5.54. The van der Waals surface area contributed by atoms with Gasteiger partial charge in [0.05, 0.1) is 6.61 Å². The van der Waals surface area contributed by atoms with Gasteiger partial charge in [-0.2, -0.15) is 0 Å². The predicted octanol–water partition coefficient (Wildman–Crippen LogP) is 3.46. The minimum atomic E-state index is 0.479. The third-order valence-corrected chi connectivity index (χ3v) is 5.51. The smallest absolute Gasteiger partial charge is 0.0619 e. The molecule has 2 atom stereocenters. The summed E-state index contributed by atoms with van der Waals surface area (Å²) in [5, 5.41) is 3.73. The standard InChI is InChI=1S/C15H23NOS/c1-11(16-13-6-4-8-17-10-13)15-9-12-5-2-3-7-14(12)18-15/h9,11,13,16H,2-8,10H2,1H3. The van der Waals surface area contributed by atoms with Crippen LogP contribution in [0.4, 0.5) is 0 Å². The van der Waals surface area contributed by atoms with Gasteiger partial charge in [0.2, 0.25) is 0 Å². The minimum Gasteiger partial charge on any atom is -0.380 e. The van der Waals surface area contributed by atoms with Crippen molar-refractivity contribution in [2.45, 2.75) is 57.5 Å². The van der Waals surface area contributed by atoms with E-state index in [9.17, 15) is 0 Å². The molecule has 2 aliphatic rings. The number of rotatable bonds is 3. The van der Waals surface area contributed by atoms with E-state index in [1.54, 1.807) is 10.4 Å². The van der Waals surface area contributed by atoms with Gasteiger partial charge in [0.15, 0.2) is 0 Å². The van der Waals surface area contributed by atoms with Gasteiger partial charge in [-0.05, 0) is 57.1 Å². The first-order chi connectivity index (χ1) is 8.83. The number of aryl methyl sites for hydroxylation is 2. The van der Waals surface area contributed by atoms with E-state index >= 15 is 0 Å². The van der Waals surface area contributed by atoms with Crippen molar-refractivity contribution in [3.8, 4) is 0 Å². The van der Waals surface area contributed by atoms with Crippen LogP contribution in [0.15, 0.2) is 6.07 Å². The topological polar surface area (TPSA) is 21.3 Å². The quantitative estimate of drug-likeness (QED) is 0.903. The molecule has 3 heteroatoms. The molecule has 2 unspecified atom stereocenters. The first-order valence-electron chi connectivity index (χ1n) is 7.28. The van der Waals surface area contributed by atoms with E-state index < -0.39 is 0 Å². The lowest BCUT2D eigenvalue weighted by Gasteiger charge is -2.26. The Morgan fingerprint density at radius 3 is 3.00 bits per heavy atom. The Labute approximate surface area is 114 Å². The molecule has 1 fully saturated rings. The van der Waals surface area contributed by atoms with Crippen LogP contribution in [0, 0.1) is 0 Å². The Balaban J connectivity index is 1.64. The average Bonchev–Trinajstić information content (AvgIpc) is 2.84. The van der Waals surface area contributed by atoms with Gasteiger partial charge in [-0.3, -0.25) is 0 Å². The van der Waals surface area contributed by atoms with Crippen molar-refractivity contribution in [2.75, 3.05) is 13.2 Å². The number of hydrogen-bond acceptors (Lipinski definition) is 3. The predicted molar refractivity (Wildman–Crippen MR) is 76.4 cm³/mol. The zero-order chi connectivity index (χ0) is 12.4. The zero-order valence-electron chi connectivity index (χ0n) is 11.2. The Bertz CT molecular complexity index is 372. The third kappa shape index (κ3) is 2.79. The first kappa shape index (κ1) is 12.6. The van der Waals surface area contributed by atoms with Gasteiger partial charge >= 0.3 is 0 Å². The Morgan fingerprint density at radius 2 is 2.22 bits per heavy atom. The van der Waals surface area contributed by atoms with Crippen LogP contribution in [0.2, 0.25) is 0 Å². The van der Waals surface area contributed by atoms with Crippen LogP contribution in [-0.4, -0.2) is 19.3 Å². The van der Waals surface area contributed by atoms with Crippen LogP contribution in [0.5, 0.6) is 0 Å². The van der Waals surface area contributed by atoms with E-state index in [0.29, 0.717) is 12.1 Å². The highest BCUT2D eigenvalue weighted by Gasteiger charge is 2.20. The van der Waals surface area contributed by atoms with E-state index in [2.05, 4.69) is 18.3 Å². The van der Waals surface area contributed by atoms with Crippen LogP contribution in [0.1, 0.15) is 54.0 Å². The highest BCUT2D eigenvalue weighted by atomic mass is 32.1. The molecule has 3 rings (SSSR count). The number of fused-ring (bicyclic) bond motifs is 1. The van der Waals surface area contributed by atoms with Crippen LogP contribution in [0.25, 0.3) is 0 Å². The summed E-state index contributed by atoms with van der Waals surface area (Å²) < 4.78 is 5.54. The first-order valence-corrected chi connectivity index (χ1v) is 8.10. The van der Waals surface area contributed by atoms with Gasteiger partial charge in [0.1, 0.15) is 0 Å². The Hall–Kier alpha value is -0.380. The van der Waals surface area contributed by atoms with E-state index in [1.807, 2.05) is 11.3 Å². The lowest BCUT2D eigenvalue weighted by Crippen LogP contribution is -2.38. The van der Waals surface area contributed by atoms with Gasteiger partial charge < -0.3 is 10.1 Å². The highest BCUT2D eigenvalue weighted by Crippen LogP contribution is 2.33. The second-order valence-corrected chi connectivity index (χ2v) is 6.78. The maximum Gasteiger partial charge on any atom is 0.0619 e. The van der Waals surface area contributed by atoms with Crippen LogP contribution < -0.4 is 5.32 Å².